The zero-order valence-corrected chi connectivity index (χ0v) is 14.0. The van der Waals surface area contributed by atoms with Crippen LogP contribution in [-0.2, 0) is 4.79 Å². The molecule has 1 aliphatic heterocycles. The van der Waals surface area contributed by atoms with Crippen LogP contribution in [0.5, 0.6) is 0 Å². The normalized spacial score (nSPS) is 24.6. The second kappa shape index (κ2) is 5.48. The van der Waals surface area contributed by atoms with Crippen LogP contribution < -0.4 is 15.6 Å². The summed E-state index contributed by atoms with van der Waals surface area (Å²) < 4.78 is 0. The van der Waals surface area contributed by atoms with Crippen molar-refractivity contribution in [3.8, 4) is 0 Å². The third-order valence-electron chi connectivity index (χ3n) is 4.80. The number of para-hydroxylation sites is 2. The fraction of sp³-hybridized carbons (Fsp3) is 0.300. The number of carbonyl (C=O) groups excluding carboxylic acids is 1. The molecule has 0 saturated carbocycles. The summed E-state index contributed by atoms with van der Waals surface area (Å²) >= 11 is 0. The second-order valence-corrected chi connectivity index (χ2v) is 7.34. The van der Waals surface area contributed by atoms with Gasteiger partial charge in [-0.05, 0) is 23.6 Å². The van der Waals surface area contributed by atoms with Gasteiger partial charge in [-0.25, -0.2) is 4.98 Å². The lowest BCUT2D eigenvalue weighted by atomic mass is 9.73. The largest absolute Gasteiger partial charge is 0.375 e. The molecule has 1 aliphatic carbocycles. The Morgan fingerprint density at radius 1 is 1.12 bits per heavy atom. The molecule has 1 aromatic carbocycles. The first kappa shape index (κ1) is 14.9. The van der Waals surface area contributed by atoms with Crippen molar-refractivity contribution >= 4 is 17.2 Å². The molecule has 0 fully saturated rings. The van der Waals surface area contributed by atoms with Gasteiger partial charge in [0.1, 0.15) is 5.78 Å². The maximum Gasteiger partial charge on any atom is 0.172 e. The molecule has 2 aromatic rings. The van der Waals surface area contributed by atoms with Gasteiger partial charge in [-0.2, -0.15) is 0 Å². The molecule has 0 spiro atoms. The number of nitrogens with one attached hydrogen (secondary N) is 3. The van der Waals surface area contributed by atoms with Gasteiger partial charge in [-0.1, -0.05) is 32.1 Å². The van der Waals surface area contributed by atoms with E-state index in [1.54, 1.807) is 0 Å². The smallest absolute Gasteiger partial charge is 0.172 e. The number of aromatic amines is 1. The first-order chi connectivity index (χ1) is 11.5. The van der Waals surface area contributed by atoms with Crippen molar-refractivity contribution in [3.63, 3.8) is 0 Å². The molecule has 4 heteroatoms. The van der Waals surface area contributed by atoms with Crippen LogP contribution in [0.4, 0.5) is 11.4 Å². The lowest BCUT2D eigenvalue weighted by molar-refractivity contribution is -0.378. The van der Waals surface area contributed by atoms with Gasteiger partial charge in [0.15, 0.2) is 12.4 Å². The summed E-state index contributed by atoms with van der Waals surface area (Å²) in [5, 5.41) is 7.10. The number of allylic oxidation sites excluding steroid dienone is 1. The number of aromatic nitrogens is 1. The average Bonchev–Trinajstić information content (AvgIpc) is 2.70. The minimum absolute atomic E-state index is 0.0894. The third kappa shape index (κ3) is 2.58. The number of ketones is 1. The number of pyridine rings is 1. The van der Waals surface area contributed by atoms with Crippen molar-refractivity contribution in [3.05, 3.63) is 66.1 Å². The molecular weight excluding hydrogens is 298 g/mol. The first-order valence-corrected chi connectivity index (χ1v) is 8.38. The maximum absolute atomic E-state index is 13.0. The molecule has 0 amide bonds. The zero-order chi connectivity index (χ0) is 16.7. The summed E-state index contributed by atoms with van der Waals surface area (Å²) in [7, 11) is 0. The van der Waals surface area contributed by atoms with Gasteiger partial charge < -0.3 is 10.6 Å². The molecule has 2 aliphatic rings. The molecule has 4 rings (SSSR count). The fourth-order valence-corrected chi connectivity index (χ4v) is 3.77. The molecule has 0 bridgehead atoms. The van der Waals surface area contributed by atoms with Gasteiger partial charge in [0.2, 0.25) is 0 Å². The summed E-state index contributed by atoms with van der Waals surface area (Å²) in [5.74, 6) is 0.0698. The Kier molecular flexibility index (Phi) is 3.41. The number of Topliss-reactive ketones (excluding diaryl/α,β-unsaturated/α-hetero) is 1. The van der Waals surface area contributed by atoms with E-state index in [9.17, 15) is 4.79 Å². The standard InChI is InChI=1S/C20H21N3O/c1-20(2)10-16-18(17(24)11-20)19(13-6-5-9-21-12-13)23-15-8-4-3-7-14(15)22-16/h3-10,12,18-19,22-23H,11H2,1-2H3/p+1. The van der Waals surface area contributed by atoms with Gasteiger partial charge in [-0.15, -0.1) is 0 Å². The first-order valence-electron chi connectivity index (χ1n) is 8.38. The van der Waals surface area contributed by atoms with E-state index in [4.69, 9.17) is 0 Å². The fourth-order valence-electron chi connectivity index (χ4n) is 3.77. The molecule has 24 heavy (non-hydrogen) atoms. The predicted octanol–water partition coefficient (Wildman–Crippen LogP) is 3.58. The van der Waals surface area contributed by atoms with Crippen LogP contribution in [0.25, 0.3) is 0 Å². The Morgan fingerprint density at radius 3 is 2.67 bits per heavy atom. The highest BCUT2D eigenvalue weighted by Crippen LogP contribution is 2.44. The third-order valence-corrected chi connectivity index (χ3v) is 4.80. The van der Waals surface area contributed by atoms with Crippen LogP contribution in [0.1, 0.15) is 31.9 Å². The number of H-pyrrole nitrogens is 1. The van der Waals surface area contributed by atoms with Crippen LogP contribution in [0.3, 0.4) is 0 Å². The molecule has 2 atom stereocenters. The second-order valence-electron chi connectivity index (χ2n) is 7.34. The molecule has 0 saturated heterocycles. The molecule has 0 radical (unpaired) electrons. The number of hydrogen-bond donors (Lipinski definition) is 2. The van der Waals surface area contributed by atoms with Crippen molar-refractivity contribution in [1.82, 2.24) is 0 Å². The predicted molar refractivity (Wildman–Crippen MR) is 94.4 cm³/mol. The van der Waals surface area contributed by atoms with Crippen molar-refractivity contribution in [2.75, 3.05) is 10.6 Å². The summed E-state index contributed by atoms with van der Waals surface area (Å²) in [6.45, 7) is 4.23. The number of hydrogen-bond acceptors (Lipinski definition) is 3. The summed E-state index contributed by atoms with van der Waals surface area (Å²) in [4.78, 5) is 16.1. The number of rotatable bonds is 1. The zero-order valence-electron chi connectivity index (χ0n) is 14.0. The van der Waals surface area contributed by atoms with E-state index < -0.39 is 0 Å². The van der Waals surface area contributed by atoms with Crippen molar-refractivity contribution < 1.29 is 9.78 Å². The Hall–Kier alpha value is -2.62. The Bertz CT molecular complexity index is 811. The highest BCUT2D eigenvalue weighted by molar-refractivity contribution is 5.90. The Balaban J connectivity index is 1.88. The van der Waals surface area contributed by atoms with Gasteiger partial charge in [0.25, 0.3) is 0 Å². The number of fused-ring (bicyclic) bond motifs is 2. The van der Waals surface area contributed by atoms with Gasteiger partial charge in [-0.3, -0.25) is 4.79 Å². The van der Waals surface area contributed by atoms with E-state index in [2.05, 4.69) is 47.7 Å². The highest BCUT2D eigenvalue weighted by atomic mass is 16.1. The van der Waals surface area contributed by atoms with E-state index in [0.29, 0.717) is 6.42 Å². The van der Waals surface area contributed by atoms with E-state index >= 15 is 0 Å². The van der Waals surface area contributed by atoms with Gasteiger partial charge in [0.05, 0.1) is 23.3 Å². The van der Waals surface area contributed by atoms with Gasteiger partial charge in [0, 0.05) is 23.7 Å². The summed E-state index contributed by atoms with van der Waals surface area (Å²) in [5.41, 5.74) is 4.00. The van der Waals surface area contributed by atoms with E-state index in [1.165, 1.54) is 0 Å². The minimum atomic E-state index is -0.207. The summed E-state index contributed by atoms with van der Waals surface area (Å²) in [6, 6.07) is 12.1. The van der Waals surface area contributed by atoms with Crippen LogP contribution >= 0.6 is 0 Å². The topological polar surface area (TPSA) is 55.3 Å². The van der Waals surface area contributed by atoms with Crippen LogP contribution in [0, 0.1) is 11.3 Å². The SMILES string of the molecule is CC1(C)C=C2Nc3ccccc3NC(c3ccc[nH+]c3)C2C(=O)C1. The maximum atomic E-state index is 13.0. The highest BCUT2D eigenvalue weighted by Gasteiger charge is 2.41. The molecule has 4 nitrogen and oxygen atoms in total. The van der Waals surface area contributed by atoms with Crippen molar-refractivity contribution in [2.24, 2.45) is 11.3 Å². The lowest BCUT2D eigenvalue weighted by Crippen LogP contribution is -2.37. The molecule has 2 unspecified atom stereocenters. The van der Waals surface area contributed by atoms with E-state index in [-0.39, 0.29) is 23.2 Å². The monoisotopic (exact) mass is 320 g/mol. The van der Waals surface area contributed by atoms with E-state index in [0.717, 1.165) is 22.6 Å². The van der Waals surface area contributed by atoms with Gasteiger partial charge >= 0.3 is 0 Å². The molecule has 1 aromatic heterocycles. The van der Waals surface area contributed by atoms with Crippen LogP contribution in [0.2, 0.25) is 0 Å². The summed E-state index contributed by atoms with van der Waals surface area (Å²) in [6.07, 6.45) is 6.64. The van der Waals surface area contributed by atoms with Crippen molar-refractivity contribution in [2.45, 2.75) is 26.3 Å². The minimum Gasteiger partial charge on any atom is -0.375 e. The quantitative estimate of drug-likeness (QED) is 0.844. The molecule has 3 N–H and O–H groups in total. The Labute approximate surface area is 142 Å². The van der Waals surface area contributed by atoms with E-state index in [1.807, 2.05) is 36.7 Å². The number of carbonyl (C=O) groups is 1. The van der Waals surface area contributed by atoms with Crippen molar-refractivity contribution in [1.29, 1.82) is 0 Å². The lowest BCUT2D eigenvalue weighted by Gasteiger charge is -2.35. The number of benzene rings is 1. The number of anilines is 2. The Morgan fingerprint density at radius 2 is 1.92 bits per heavy atom. The molecule has 122 valence electrons. The average molecular weight is 320 g/mol. The molecular formula is C20H22N3O+. The van der Waals surface area contributed by atoms with Crippen LogP contribution in [-0.4, -0.2) is 5.78 Å². The molecule has 2 heterocycles. The van der Waals surface area contributed by atoms with Crippen LogP contribution in [0.15, 0.2) is 60.6 Å².